The number of hydrogen-bond donors (Lipinski definition) is 1. The molecule has 2 aromatic carbocycles. The second kappa shape index (κ2) is 5.25. The largest absolute Gasteiger partial charge is 0.368 e. The van der Waals surface area contributed by atoms with Crippen LogP contribution in [0.1, 0.15) is 6.92 Å². The first-order valence-electron chi connectivity index (χ1n) is 6.55. The molecule has 0 fully saturated rings. The highest BCUT2D eigenvalue weighted by Crippen LogP contribution is 2.30. The van der Waals surface area contributed by atoms with Crippen LogP contribution in [0, 0.1) is 5.82 Å². The van der Waals surface area contributed by atoms with Crippen LogP contribution in [0.25, 0.3) is 22.0 Å². The van der Waals surface area contributed by atoms with E-state index < -0.39 is 0 Å². The van der Waals surface area contributed by atoms with E-state index in [0.29, 0.717) is 11.3 Å². The summed E-state index contributed by atoms with van der Waals surface area (Å²) in [6.45, 7) is 2.76. The van der Waals surface area contributed by atoms with Crippen LogP contribution in [0.2, 0.25) is 0 Å². The number of fused-ring (bicyclic) bond motifs is 1. The molecule has 0 unspecified atom stereocenters. The van der Waals surface area contributed by atoms with Crippen molar-refractivity contribution in [2.24, 2.45) is 0 Å². The van der Waals surface area contributed by atoms with E-state index in [-0.39, 0.29) is 5.82 Å². The summed E-state index contributed by atoms with van der Waals surface area (Å²) in [5.41, 5.74) is 1.04. The molecule has 0 saturated carbocycles. The van der Waals surface area contributed by atoms with Crippen LogP contribution in [0.3, 0.4) is 0 Å². The van der Waals surface area contributed by atoms with Crippen molar-refractivity contribution < 1.29 is 4.39 Å². The Labute approximate surface area is 116 Å². The molecule has 0 aliphatic carbocycles. The van der Waals surface area contributed by atoms with Crippen molar-refractivity contribution in [3.8, 4) is 11.3 Å². The van der Waals surface area contributed by atoms with E-state index >= 15 is 0 Å². The lowest BCUT2D eigenvalue weighted by Gasteiger charge is -2.10. The Morgan fingerprint density at radius 2 is 1.65 bits per heavy atom. The van der Waals surface area contributed by atoms with Crippen molar-refractivity contribution in [1.82, 2.24) is 10.2 Å². The lowest BCUT2D eigenvalue weighted by Crippen LogP contribution is -2.03. The minimum atomic E-state index is -0.289. The highest BCUT2D eigenvalue weighted by Gasteiger charge is 2.12. The van der Waals surface area contributed by atoms with E-state index in [4.69, 9.17) is 0 Å². The molecule has 0 bridgehead atoms. The Bertz CT molecular complexity index is 756. The molecule has 0 spiro atoms. The van der Waals surface area contributed by atoms with Crippen LogP contribution in [0.4, 0.5) is 10.2 Å². The normalized spacial score (nSPS) is 10.7. The highest BCUT2D eigenvalue weighted by molar-refractivity contribution is 6.00. The number of nitrogens with zero attached hydrogens (tertiary/aromatic N) is 2. The van der Waals surface area contributed by atoms with Gasteiger partial charge in [0, 0.05) is 22.9 Å². The van der Waals surface area contributed by atoms with Gasteiger partial charge in [-0.05, 0) is 19.1 Å². The molecule has 0 saturated heterocycles. The zero-order valence-electron chi connectivity index (χ0n) is 11.1. The first kappa shape index (κ1) is 12.5. The molecule has 0 atom stereocenters. The average Bonchev–Trinajstić information content (AvgIpc) is 2.49. The number of hydrogen-bond acceptors (Lipinski definition) is 3. The molecular formula is C16H14FN3. The molecule has 20 heavy (non-hydrogen) atoms. The molecule has 0 amide bonds. The monoisotopic (exact) mass is 267 g/mol. The van der Waals surface area contributed by atoms with Crippen LogP contribution in [-0.4, -0.2) is 16.7 Å². The van der Waals surface area contributed by atoms with E-state index in [0.717, 1.165) is 23.1 Å². The van der Waals surface area contributed by atoms with Crippen molar-refractivity contribution >= 4 is 16.6 Å². The number of aromatic nitrogens is 2. The second-order valence-corrected chi connectivity index (χ2v) is 4.45. The van der Waals surface area contributed by atoms with Crippen molar-refractivity contribution in [1.29, 1.82) is 0 Å². The zero-order chi connectivity index (χ0) is 13.9. The Balaban J connectivity index is 2.28. The van der Waals surface area contributed by atoms with Gasteiger partial charge in [0.05, 0.1) is 0 Å². The fraction of sp³-hybridized carbons (Fsp3) is 0.125. The Morgan fingerprint density at radius 1 is 0.950 bits per heavy atom. The maximum Gasteiger partial charge on any atom is 0.156 e. The number of halogens is 1. The van der Waals surface area contributed by atoms with Crippen molar-refractivity contribution in [3.63, 3.8) is 0 Å². The van der Waals surface area contributed by atoms with Crippen LogP contribution in [0.15, 0.2) is 48.5 Å². The molecule has 4 heteroatoms. The smallest absolute Gasteiger partial charge is 0.156 e. The average molecular weight is 267 g/mol. The van der Waals surface area contributed by atoms with Crippen LogP contribution < -0.4 is 5.32 Å². The molecule has 0 aliphatic rings. The minimum absolute atomic E-state index is 0.289. The van der Waals surface area contributed by atoms with Gasteiger partial charge in [0.15, 0.2) is 5.82 Å². The summed E-state index contributed by atoms with van der Waals surface area (Å²) in [5, 5.41) is 13.4. The van der Waals surface area contributed by atoms with E-state index in [9.17, 15) is 4.39 Å². The standard InChI is InChI=1S/C16H14FN3/c1-2-18-16-12-8-4-3-7-11(12)15(19-20-16)13-9-5-6-10-14(13)17/h3-10H,2H2,1H3,(H,18,20). The molecule has 100 valence electrons. The number of benzene rings is 2. The van der Waals surface area contributed by atoms with E-state index in [1.165, 1.54) is 6.07 Å². The maximum absolute atomic E-state index is 14.0. The molecule has 0 radical (unpaired) electrons. The van der Waals surface area contributed by atoms with Gasteiger partial charge in [0.1, 0.15) is 11.5 Å². The summed E-state index contributed by atoms with van der Waals surface area (Å²) < 4.78 is 14.0. The van der Waals surface area contributed by atoms with Crippen molar-refractivity contribution in [3.05, 3.63) is 54.3 Å². The Morgan fingerprint density at radius 3 is 2.40 bits per heavy atom. The molecule has 1 heterocycles. The third-order valence-corrected chi connectivity index (χ3v) is 3.16. The lowest BCUT2D eigenvalue weighted by atomic mass is 10.0. The SMILES string of the molecule is CCNc1nnc(-c2ccccc2F)c2ccccc12. The van der Waals surface area contributed by atoms with E-state index in [1.807, 2.05) is 31.2 Å². The summed E-state index contributed by atoms with van der Waals surface area (Å²) in [7, 11) is 0. The predicted molar refractivity (Wildman–Crippen MR) is 79.1 cm³/mol. The number of anilines is 1. The first-order chi connectivity index (χ1) is 9.81. The molecule has 1 N–H and O–H groups in total. The third-order valence-electron chi connectivity index (χ3n) is 3.16. The van der Waals surface area contributed by atoms with Gasteiger partial charge in [0.2, 0.25) is 0 Å². The van der Waals surface area contributed by atoms with E-state index in [1.54, 1.807) is 18.2 Å². The van der Waals surface area contributed by atoms with Crippen molar-refractivity contribution in [2.75, 3.05) is 11.9 Å². The van der Waals surface area contributed by atoms with Gasteiger partial charge in [-0.1, -0.05) is 36.4 Å². The van der Waals surface area contributed by atoms with Gasteiger partial charge >= 0.3 is 0 Å². The fourth-order valence-corrected chi connectivity index (χ4v) is 2.25. The zero-order valence-corrected chi connectivity index (χ0v) is 11.1. The van der Waals surface area contributed by atoms with Gasteiger partial charge in [-0.15, -0.1) is 10.2 Å². The van der Waals surface area contributed by atoms with Gasteiger partial charge in [-0.2, -0.15) is 0 Å². The van der Waals surface area contributed by atoms with Gasteiger partial charge < -0.3 is 5.32 Å². The first-order valence-corrected chi connectivity index (χ1v) is 6.55. The van der Waals surface area contributed by atoms with Crippen LogP contribution in [0.5, 0.6) is 0 Å². The molecule has 3 rings (SSSR count). The molecule has 3 nitrogen and oxygen atoms in total. The maximum atomic E-state index is 14.0. The van der Waals surface area contributed by atoms with Gasteiger partial charge in [-0.25, -0.2) is 4.39 Å². The fourth-order valence-electron chi connectivity index (χ4n) is 2.25. The molecule has 1 aromatic heterocycles. The summed E-state index contributed by atoms with van der Waals surface area (Å²) in [5.74, 6) is 0.436. The summed E-state index contributed by atoms with van der Waals surface area (Å²) in [6, 6.07) is 14.4. The molecule has 0 aliphatic heterocycles. The summed E-state index contributed by atoms with van der Waals surface area (Å²) in [4.78, 5) is 0. The Kier molecular flexibility index (Phi) is 3.29. The number of nitrogens with one attached hydrogen (secondary N) is 1. The number of rotatable bonds is 3. The Hall–Kier alpha value is -2.49. The quantitative estimate of drug-likeness (QED) is 0.782. The summed E-state index contributed by atoms with van der Waals surface area (Å²) >= 11 is 0. The third kappa shape index (κ3) is 2.09. The van der Waals surface area contributed by atoms with Crippen LogP contribution >= 0.6 is 0 Å². The van der Waals surface area contributed by atoms with Gasteiger partial charge in [0.25, 0.3) is 0 Å². The van der Waals surface area contributed by atoms with Crippen LogP contribution in [-0.2, 0) is 0 Å². The topological polar surface area (TPSA) is 37.8 Å². The van der Waals surface area contributed by atoms with Crippen molar-refractivity contribution in [2.45, 2.75) is 6.92 Å². The molecule has 3 aromatic rings. The molecular weight excluding hydrogens is 253 g/mol. The second-order valence-electron chi connectivity index (χ2n) is 4.45. The van der Waals surface area contributed by atoms with E-state index in [2.05, 4.69) is 15.5 Å². The van der Waals surface area contributed by atoms with Gasteiger partial charge in [-0.3, -0.25) is 0 Å². The highest BCUT2D eigenvalue weighted by atomic mass is 19.1. The lowest BCUT2D eigenvalue weighted by molar-refractivity contribution is 0.630. The summed E-state index contributed by atoms with van der Waals surface area (Å²) in [6.07, 6.45) is 0. The predicted octanol–water partition coefficient (Wildman–Crippen LogP) is 3.87. The minimum Gasteiger partial charge on any atom is -0.368 e.